The van der Waals surface area contributed by atoms with Crippen molar-refractivity contribution in [3.05, 3.63) is 182 Å². The van der Waals surface area contributed by atoms with Crippen molar-refractivity contribution < 1.29 is 0 Å². The minimum absolute atomic E-state index is 0.938. The molecule has 0 saturated heterocycles. The van der Waals surface area contributed by atoms with E-state index in [0.29, 0.717) is 0 Å². The Morgan fingerprint density at radius 1 is 0.340 bits per heavy atom. The Balaban J connectivity index is 1.30. The number of para-hydroxylation sites is 1. The van der Waals surface area contributed by atoms with E-state index < -0.39 is 0 Å². The van der Waals surface area contributed by atoms with E-state index in [1.807, 2.05) is 6.07 Å². The van der Waals surface area contributed by atoms with Crippen LogP contribution in [0.5, 0.6) is 0 Å². The molecule has 220 valence electrons. The third-order valence-corrected chi connectivity index (χ3v) is 9.18. The zero-order chi connectivity index (χ0) is 31.2. The molecule has 2 nitrogen and oxygen atoms in total. The number of fused-ring (bicyclic) bond motifs is 3. The normalized spacial score (nSPS) is 11.4. The van der Waals surface area contributed by atoms with Gasteiger partial charge in [0.15, 0.2) is 0 Å². The van der Waals surface area contributed by atoms with Gasteiger partial charge in [0, 0.05) is 11.3 Å². The average Bonchev–Trinajstić information content (AvgIpc) is 3.54. The molecule has 9 aromatic rings. The van der Waals surface area contributed by atoms with Gasteiger partial charge in [-0.3, -0.25) is 4.57 Å². The van der Waals surface area contributed by atoms with Crippen molar-refractivity contribution in [2.24, 2.45) is 0 Å². The summed E-state index contributed by atoms with van der Waals surface area (Å²) >= 11 is 0. The first-order valence-corrected chi connectivity index (χ1v) is 16.1. The highest BCUT2D eigenvalue weighted by molar-refractivity contribution is 6.22. The molecule has 0 aliphatic heterocycles. The van der Waals surface area contributed by atoms with E-state index in [0.717, 1.165) is 33.7 Å². The highest BCUT2D eigenvalue weighted by Crippen LogP contribution is 2.45. The van der Waals surface area contributed by atoms with Crippen LogP contribution in [0.2, 0.25) is 0 Å². The number of benzene rings is 8. The second kappa shape index (κ2) is 11.3. The Hall–Kier alpha value is -6.25. The van der Waals surface area contributed by atoms with Crippen molar-refractivity contribution in [2.45, 2.75) is 0 Å². The van der Waals surface area contributed by atoms with Gasteiger partial charge in [-0.15, -0.1) is 0 Å². The molecule has 0 fully saturated rings. The van der Waals surface area contributed by atoms with Gasteiger partial charge in [0.05, 0.1) is 11.0 Å². The van der Waals surface area contributed by atoms with Crippen LogP contribution in [0.25, 0.3) is 83.0 Å². The molecule has 0 aliphatic carbocycles. The molecular weight excluding hydrogens is 569 g/mol. The minimum Gasteiger partial charge on any atom is -0.292 e. The van der Waals surface area contributed by atoms with Crippen molar-refractivity contribution in [1.29, 1.82) is 0 Å². The zero-order valence-electron chi connectivity index (χ0n) is 25.7. The molecule has 1 heterocycles. The highest BCUT2D eigenvalue weighted by Gasteiger charge is 2.19. The molecule has 0 unspecified atom stereocenters. The predicted octanol–water partition coefficient (Wildman–Crippen LogP) is 12.0. The van der Waals surface area contributed by atoms with Crippen LogP contribution < -0.4 is 0 Å². The Bertz CT molecular complexity index is 2530. The van der Waals surface area contributed by atoms with Crippen molar-refractivity contribution in [3.8, 4) is 50.5 Å². The predicted molar refractivity (Wildman–Crippen MR) is 198 cm³/mol. The lowest BCUT2D eigenvalue weighted by molar-refractivity contribution is 1.10. The molecule has 0 atom stereocenters. The van der Waals surface area contributed by atoms with Gasteiger partial charge >= 0.3 is 0 Å². The molecule has 0 spiro atoms. The summed E-state index contributed by atoms with van der Waals surface area (Å²) in [6, 6.07) is 65.0. The van der Waals surface area contributed by atoms with Crippen molar-refractivity contribution >= 4 is 32.6 Å². The van der Waals surface area contributed by atoms with E-state index >= 15 is 0 Å². The maximum absolute atomic E-state index is 5.23. The van der Waals surface area contributed by atoms with Gasteiger partial charge in [-0.1, -0.05) is 152 Å². The lowest BCUT2D eigenvalue weighted by Gasteiger charge is -2.18. The van der Waals surface area contributed by atoms with E-state index in [2.05, 4.69) is 180 Å². The summed E-state index contributed by atoms with van der Waals surface area (Å²) in [5, 5.41) is 5.01. The topological polar surface area (TPSA) is 17.8 Å². The second-order valence-corrected chi connectivity index (χ2v) is 12.0. The van der Waals surface area contributed by atoms with Crippen molar-refractivity contribution in [1.82, 2.24) is 9.55 Å². The maximum Gasteiger partial charge on any atom is 0.145 e. The standard InChI is InChI=1S/C45H30N2/c1-5-15-31(16-6-1)43-37-23-13-14-24-38(37)44(32-17-7-2-8-18-32)40-29-34(25-27-39(40)43)35-26-28-42-41(30-35)46-45(33-19-9-3-10-20-33)47(42)36-21-11-4-12-22-36/h1-30H. The molecule has 9 rings (SSSR count). The van der Waals surface area contributed by atoms with E-state index in [4.69, 9.17) is 4.98 Å². The molecule has 0 amide bonds. The smallest absolute Gasteiger partial charge is 0.145 e. The Kier molecular flexibility index (Phi) is 6.50. The molecular formula is C45H30N2. The third kappa shape index (κ3) is 4.62. The number of aromatic nitrogens is 2. The molecule has 0 saturated carbocycles. The van der Waals surface area contributed by atoms with E-state index in [1.165, 1.54) is 49.4 Å². The first-order chi connectivity index (χ1) is 23.3. The minimum atomic E-state index is 0.938. The van der Waals surface area contributed by atoms with Crippen LogP contribution in [0.4, 0.5) is 0 Å². The quantitative estimate of drug-likeness (QED) is 0.180. The van der Waals surface area contributed by atoms with Crippen LogP contribution in [0.15, 0.2) is 182 Å². The zero-order valence-corrected chi connectivity index (χ0v) is 25.7. The molecule has 8 aromatic carbocycles. The fourth-order valence-corrected chi connectivity index (χ4v) is 7.07. The van der Waals surface area contributed by atoms with E-state index in [1.54, 1.807) is 0 Å². The van der Waals surface area contributed by atoms with Gasteiger partial charge in [0.2, 0.25) is 0 Å². The van der Waals surface area contributed by atoms with E-state index in [-0.39, 0.29) is 0 Å². The van der Waals surface area contributed by atoms with Gasteiger partial charge in [0.1, 0.15) is 5.82 Å². The first-order valence-electron chi connectivity index (χ1n) is 16.1. The Labute approximate surface area is 273 Å². The highest BCUT2D eigenvalue weighted by atomic mass is 15.1. The second-order valence-electron chi connectivity index (χ2n) is 12.0. The van der Waals surface area contributed by atoms with Gasteiger partial charge in [-0.05, 0) is 85.3 Å². The number of hydrogen-bond acceptors (Lipinski definition) is 1. The van der Waals surface area contributed by atoms with E-state index in [9.17, 15) is 0 Å². The number of nitrogens with zero attached hydrogens (tertiary/aromatic N) is 2. The fourth-order valence-electron chi connectivity index (χ4n) is 7.07. The number of hydrogen-bond donors (Lipinski definition) is 0. The molecule has 0 bridgehead atoms. The van der Waals surface area contributed by atoms with Crippen LogP contribution in [-0.2, 0) is 0 Å². The molecule has 0 aliphatic rings. The maximum atomic E-state index is 5.23. The lowest BCUT2D eigenvalue weighted by Crippen LogP contribution is -1.97. The van der Waals surface area contributed by atoms with Crippen LogP contribution in [-0.4, -0.2) is 9.55 Å². The van der Waals surface area contributed by atoms with Crippen LogP contribution in [0.1, 0.15) is 0 Å². The summed E-state index contributed by atoms with van der Waals surface area (Å²) in [7, 11) is 0. The monoisotopic (exact) mass is 598 g/mol. The summed E-state index contributed by atoms with van der Waals surface area (Å²) in [4.78, 5) is 5.23. The van der Waals surface area contributed by atoms with Crippen LogP contribution >= 0.6 is 0 Å². The SMILES string of the molecule is c1ccc(-c2c3ccccc3c(-c3ccccc3)c3cc(-c4ccc5c(c4)nc(-c4ccccc4)n5-c4ccccc4)ccc23)cc1. The summed E-state index contributed by atoms with van der Waals surface area (Å²) in [6.45, 7) is 0. The van der Waals surface area contributed by atoms with Crippen molar-refractivity contribution in [3.63, 3.8) is 0 Å². The van der Waals surface area contributed by atoms with Gasteiger partial charge in [-0.2, -0.15) is 0 Å². The summed E-state index contributed by atoms with van der Waals surface area (Å²) in [5.41, 5.74) is 11.5. The largest absolute Gasteiger partial charge is 0.292 e. The first kappa shape index (κ1) is 27.1. The molecule has 47 heavy (non-hydrogen) atoms. The summed E-state index contributed by atoms with van der Waals surface area (Å²) in [5.74, 6) is 0.938. The molecule has 0 N–H and O–H groups in total. The molecule has 2 heteroatoms. The van der Waals surface area contributed by atoms with Gasteiger partial charge in [0.25, 0.3) is 0 Å². The number of imidazole rings is 1. The fraction of sp³-hybridized carbons (Fsp3) is 0. The van der Waals surface area contributed by atoms with Crippen LogP contribution in [0.3, 0.4) is 0 Å². The van der Waals surface area contributed by atoms with Gasteiger partial charge < -0.3 is 0 Å². The molecule has 1 aromatic heterocycles. The number of rotatable bonds is 5. The summed E-state index contributed by atoms with van der Waals surface area (Å²) in [6.07, 6.45) is 0. The average molecular weight is 599 g/mol. The third-order valence-electron chi connectivity index (χ3n) is 9.18. The Morgan fingerprint density at radius 2 is 0.809 bits per heavy atom. The van der Waals surface area contributed by atoms with Crippen molar-refractivity contribution in [2.75, 3.05) is 0 Å². The molecule has 0 radical (unpaired) electrons. The van der Waals surface area contributed by atoms with Crippen LogP contribution in [0, 0.1) is 0 Å². The lowest BCUT2D eigenvalue weighted by atomic mass is 9.85. The Morgan fingerprint density at radius 3 is 1.43 bits per heavy atom. The van der Waals surface area contributed by atoms with Gasteiger partial charge in [-0.25, -0.2) is 4.98 Å². The summed E-state index contributed by atoms with van der Waals surface area (Å²) < 4.78 is 2.26.